The normalized spacial score (nSPS) is 11.7. The molecule has 0 radical (unpaired) electrons. The van der Waals surface area contributed by atoms with Crippen molar-refractivity contribution in [1.82, 2.24) is 15.0 Å². The third-order valence-electron chi connectivity index (χ3n) is 4.56. The number of carbonyl (C=O) groups is 1. The van der Waals surface area contributed by atoms with E-state index >= 15 is 0 Å². The summed E-state index contributed by atoms with van der Waals surface area (Å²) in [7, 11) is -4.88. The van der Waals surface area contributed by atoms with Crippen molar-refractivity contribution in [3.8, 4) is 5.75 Å². The Morgan fingerprint density at radius 1 is 0.971 bits per heavy atom. The number of halogens is 2. The Kier molecular flexibility index (Phi) is 6.49. The molecule has 0 aliphatic heterocycles. The molecule has 0 saturated heterocycles. The Morgan fingerprint density at radius 3 is 2.31 bits per heavy atom. The zero-order valence-corrected chi connectivity index (χ0v) is 19.4. The van der Waals surface area contributed by atoms with Gasteiger partial charge in [-0.15, -0.1) is 10.2 Å². The summed E-state index contributed by atoms with van der Waals surface area (Å²) in [6.45, 7) is 0. The van der Waals surface area contributed by atoms with Crippen LogP contribution in [0.2, 0.25) is 10.6 Å². The molecular weight excluding hydrogens is 523 g/mol. The highest BCUT2D eigenvalue weighted by atomic mass is 35.5. The average Bonchev–Trinajstić information content (AvgIpc) is 2.77. The molecule has 0 bridgehead atoms. The molecule has 0 spiro atoms. The van der Waals surface area contributed by atoms with Crippen LogP contribution in [0.25, 0.3) is 10.8 Å². The van der Waals surface area contributed by atoms with E-state index in [1.54, 1.807) is 0 Å². The van der Waals surface area contributed by atoms with Crippen LogP contribution in [0.15, 0.2) is 63.7 Å². The molecule has 0 unspecified atom stereocenters. The summed E-state index contributed by atoms with van der Waals surface area (Å²) in [5, 5.41) is 30.4. The number of carboxylic acid groups (broad SMARTS) is 1. The molecule has 15 heteroatoms. The highest BCUT2D eigenvalue weighted by Gasteiger charge is 2.22. The van der Waals surface area contributed by atoms with Gasteiger partial charge in [0.05, 0.1) is 5.56 Å². The van der Waals surface area contributed by atoms with Crippen LogP contribution in [-0.4, -0.2) is 44.1 Å². The van der Waals surface area contributed by atoms with Crippen LogP contribution in [0.4, 0.5) is 23.0 Å². The van der Waals surface area contributed by atoms with Crippen LogP contribution in [0.5, 0.6) is 5.75 Å². The topological polar surface area (TPSA) is 187 Å². The summed E-state index contributed by atoms with van der Waals surface area (Å²) in [4.78, 5) is 22.0. The molecule has 0 fully saturated rings. The van der Waals surface area contributed by atoms with E-state index in [2.05, 4.69) is 30.5 Å². The quantitative estimate of drug-likeness (QED) is 0.190. The minimum atomic E-state index is -4.88. The lowest BCUT2D eigenvalue weighted by molar-refractivity contribution is 0.0697. The number of nitrogens with one attached hydrogen (secondary N) is 1. The van der Waals surface area contributed by atoms with Gasteiger partial charge in [0.2, 0.25) is 16.5 Å². The molecule has 4 aromatic rings. The van der Waals surface area contributed by atoms with Gasteiger partial charge in [-0.05, 0) is 65.0 Å². The lowest BCUT2D eigenvalue weighted by atomic mass is 10.1. The molecule has 0 amide bonds. The van der Waals surface area contributed by atoms with Gasteiger partial charge in [0.1, 0.15) is 16.3 Å². The second-order valence-corrected chi connectivity index (χ2v) is 8.89. The lowest BCUT2D eigenvalue weighted by Crippen LogP contribution is -2.01. The zero-order chi connectivity index (χ0) is 25.3. The maximum atomic E-state index is 12.1. The van der Waals surface area contributed by atoms with Gasteiger partial charge < -0.3 is 15.5 Å². The van der Waals surface area contributed by atoms with E-state index in [-0.39, 0.29) is 38.5 Å². The minimum Gasteiger partial charge on any atom is -0.505 e. The summed E-state index contributed by atoms with van der Waals surface area (Å²) in [6, 6.07) is 11.1. The Labute approximate surface area is 206 Å². The molecule has 1 heterocycles. The van der Waals surface area contributed by atoms with Gasteiger partial charge in [-0.25, -0.2) is 4.79 Å². The summed E-state index contributed by atoms with van der Waals surface area (Å²) >= 11 is 11.5. The number of anilines is 2. The first-order valence-corrected chi connectivity index (χ1v) is 11.6. The summed E-state index contributed by atoms with van der Waals surface area (Å²) in [5.74, 6) is -1.88. The molecule has 0 atom stereocenters. The number of azo groups is 1. The lowest BCUT2D eigenvalue weighted by Gasteiger charge is -2.11. The molecule has 0 aliphatic carbocycles. The maximum absolute atomic E-state index is 12.1. The fourth-order valence-electron chi connectivity index (χ4n) is 3.08. The van der Waals surface area contributed by atoms with Crippen molar-refractivity contribution in [2.45, 2.75) is 4.90 Å². The van der Waals surface area contributed by atoms with E-state index in [1.165, 1.54) is 42.5 Å². The number of rotatable bonds is 6. The smallest absolute Gasteiger partial charge is 0.337 e. The van der Waals surface area contributed by atoms with E-state index in [4.69, 9.17) is 23.2 Å². The van der Waals surface area contributed by atoms with Crippen molar-refractivity contribution >= 4 is 73.1 Å². The van der Waals surface area contributed by atoms with Crippen LogP contribution in [-0.2, 0) is 10.1 Å². The minimum absolute atomic E-state index is 0.0103. The number of hydrogen-bond donors (Lipinski definition) is 4. The average molecular weight is 535 g/mol. The highest BCUT2D eigenvalue weighted by molar-refractivity contribution is 7.86. The van der Waals surface area contributed by atoms with E-state index < -0.39 is 32.4 Å². The number of nitrogens with zero attached hydrogens (tertiary/aromatic N) is 5. The predicted octanol–water partition coefficient (Wildman–Crippen LogP) is 5.14. The molecule has 178 valence electrons. The maximum Gasteiger partial charge on any atom is 0.337 e. The van der Waals surface area contributed by atoms with E-state index in [0.717, 1.165) is 6.07 Å². The van der Waals surface area contributed by atoms with Crippen molar-refractivity contribution in [1.29, 1.82) is 0 Å². The number of aromatic nitrogens is 3. The van der Waals surface area contributed by atoms with Crippen molar-refractivity contribution < 1.29 is 28.0 Å². The number of phenols is 1. The number of benzene rings is 3. The van der Waals surface area contributed by atoms with Crippen LogP contribution in [0.3, 0.4) is 0 Å². The van der Waals surface area contributed by atoms with E-state index in [0.29, 0.717) is 5.69 Å². The standard InChI is InChI=1S/C20H12Cl2N6O6S/c21-18-24-19(22)26-20(25-18)23-10-5-6-11-9(7-10)8-14(35(32,33)34)15(16(11)29)28-27-13-4-2-1-3-12(13)17(30)31/h1-8,29H,(H,30,31)(H,32,33,34)(H,23,24,25,26). The number of hydrogen-bond acceptors (Lipinski definition) is 10. The van der Waals surface area contributed by atoms with Gasteiger partial charge in [0.25, 0.3) is 10.1 Å². The molecule has 0 aliphatic rings. The summed E-state index contributed by atoms with van der Waals surface area (Å²) in [5.41, 5.74) is -0.493. The number of carboxylic acids is 1. The Balaban J connectivity index is 1.82. The first-order valence-electron chi connectivity index (χ1n) is 9.38. The Bertz CT molecular complexity index is 1610. The molecule has 1 aromatic heterocycles. The van der Waals surface area contributed by atoms with Gasteiger partial charge in [0, 0.05) is 11.1 Å². The Hall–Kier alpha value is -3.91. The third kappa shape index (κ3) is 5.27. The van der Waals surface area contributed by atoms with Crippen LogP contribution < -0.4 is 5.32 Å². The number of aromatic carboxylic acids is 1. The fraction of sp³-hybridized carbons (Fsp3) is 0. The van der Waals surface area contributed by atoms with E-state index in [1.807, 2.05) is 0 Å². The summed E-state index contributed by atoms with van der Waals surface area (Å²) in [6.07, 6.45) is 0. The molecule has 0 saturated carbocycles. The molecule has 3 aromatic carbocycles. The number of phenolic OH excluding ortho intramolecular Hbond substituents is 1. The van der Waals surface area contributed by atoms with Crippen molar-refractivity contribution in [3.63, 3.8) is 0 Å². The van der Waals surface area contributed by atoms with Crippen LogP contribution >= 0.6 is 23.2 Å². The van der Waals surface area contributed by atoms with Crippen molar-refractivity contribution in [3.05, 3.63) is 64.7 Å². The number of aromatic hydroxyl groups is 1. The third-order valence-corrected chi connectivity index (χ3v) is 5.76. The second kappa shape index (κ2) is 9.38. The molecule has 35 heavy (non-hydrogen) atoms. The van der Waals surface area contributed by atoms with Crippen LogP contribution in [0.1, 0.15) is 10.4 Å². The zero-order valence-electron chi connectivity index (χ0n) is 17.1. The van der Waals surface area contributed by atoms with Gasteiger partial charge in [-0.3, -0.25) is 4.55 Å². The largest absolute Gasteiger partial charge is 0.505 e. The van der Waals surface area contributed by atoms with Crippen molar-refractivity contribution in [2.75, 3.05) is 5.32 Å². The SMILES string of the molecule is O=C(O)c1ccccc1N=Nc1c(S(=O)(=O)O)cc2cc(Nc3nc(Cl)nc(Cl)n3)ccc2c1O. The molecule has 4 N–H and O–H groups in total. The number of fused-ring (bicyclic) bond motifs is 1. The van der Waals surface area contributed by atoms with E-state index in [9.17, 15) is 28.0 Å². The first kappa shape index (κ1) is 24.2. The van der Waals surface area contributed by atoms with Crippen molar-refractivity contribution in [2.24, 2.45) is 10.2 Å². The highest BCUT2D eigenvalue weighted by Crippen LogP contribution is 2.42. The first-order chi connectivity index (χ1) is 16.5. The Morgan fingerprint density at radius 2 is 1.66 bits per heavy atom. The van der Waals surface area contributed by atoms with Gasteiger partial charge in [-0.1, -0.05) is 12.1 Å². The molecule has 12 nitrogen and oxygen atoms in total. The fourth-order valence-corrected chi connectivity index (χ4v) is 4.10. The van der Waals surface area contributed by atoms with Gasteiger partial charge in [0.15, 0.2) is 5.75 Å². The van der Waals surface area contributed by atoms with Gasteiger partial charge >= 0.3 is 5.97 Å². The monoisotopic (exact) mass is 534 g/mol. The predicted molar refractivity (Wildman–Crippen MR) is 126 cm³/mol. The van der Waals surface area contributed by atoms with Gasteiger partial charge in [-0.2, -0.15) is 23.4 Å². The second-order valence-electron chi connectivity index (χ2n) is 6.83. The summed E-state index contributed by atoms with van der Waals surface area (Å²) < 4.78 is 33.9. The molecular formula is C20H12Cl2N6O6S. The van der Waals surface area contributed by atoms with Crippen LogP contribution in [0, 0.1) is 0 Å². The molecule has 4 rings (SSSR count).